The molecule has 6 N–H and O–H groups in total. The molecule has 0 amide bonds. The molecule has 5 heteroatoms. The lowest BCUT2D eigenvalue weighted by molar-refractivity contribution is 0.550. The molecule has 0 saturated heterocycles. The van der Waals surface area contributed by atoms with E-state index in [2.05, 4.69) is 40.5 Å². The number of nitrogens with one attached hydrogen (secondary N) is 4. The molecule has 0 aliphatic heterocycles. The van der Waals surface area contributed by atoms with Crippen LogP contribution in [-0.4, -0.2) is 52.4 Å². The third-order valence-corrected chi connectivity index (χ3v) is 4.93. The number of nitrogens with two attached hydrogens (primary N) is 1. The van der Waals surface area contributed by atoms with E-state index in [1.807, 2.05) is 0 Å². The van der Waals surface area contributed by atoms with E-state index < -0.39 is 0 Å². The molecule has 0 aromatic rings. The van der Waals surface area contributed by atoms with Crippen LogP contribution in [0.15, 0.2) is 12.3 Å². The molecule has 0 bridgehead atoms. The maximum absolute atomic E-state index is 5.42. The Kier molecular flexibility index (Phi) is 25.8. The van der Waals surface area contributed by atoms with Gasteiger partial charge >= 0.3 is 0 Å². The number of rotatable bonds is 24. The molecule has 0 heterocycles. The molecule has 0 spiro atoms. The fourth-order valence-corrected chi connectivity index (χ4v) is 3.17. The minimum absolute atomic E-state index is 0.711. The largest absolute Gasteiger partial charge is 0.390 e. The van der Waals surface area contributed by atoms with Gasteiger partial charge in [0, 0.05) is 52.4 Å². The first-order chi connectivity index (χ1) is 13.9. The van der Waals surface area contributed by atoms with Gasteiger partial charge in [-0.2, -0.15) is 0 Å². The molecule has 0 radical (unpaired) electrons. The van der Waals surface area contributed by atoms with E-state index in [0.29, 0.717) is 6.54 Å². The number of hydrogen-bond donors (Lipinski definition) is 5. The van der Waals surface area contributed by atoms with Crippen molar-refractivity contribution in [3.8, 4) is 0 Å². The van der Waals surface area contributed by atoms with Crippen molar-refractivity contribution in [2.75, 3.05) is 52.4 Å². The summed E-state index contributed by atoms with van der Waals surface area (Å²) in [6.45, 7) is 9.92. The van der Waals surface area contributed by atoms with Crippen molar-refractivity contribution in [1.29, 1.82) is 0 Å². The first kappa shape index (κ1) is 27.4. The predicted molar refractivity (Wildman–Crippen MR) is 126 cm³/mol. The topological polar surface area (TPSA) is 74.1 Å². The molecule has 28 heavy (non-hydrogen) atoms. The fraction of sp³-hybridized carbons (Fsp3) is 0.913. The zero-order chi connectivity index (χ0) is 20.4. The van der Waals surface area contributed by atoms with Crippen LogP contribution in [-0.2, 0) is 0 Å². The Morgan fingerprint density at radius 2 is 1.04 bits per heavy atom. The molecule has 5 nitrogen and oxygen atoms in total. The van der Waals surface area contributed by atoms with Crippen molar-refractivity contribution in [2.45, 2.75) is 84.0 Å². The maximum atomic E-state index is 5.42. The summed E-state index contributed by atoms with van der Waals surface area (Å²) in [5.74, 6) is 0. The maximum Gasteiger partial charge on any atom is 0.0266 e. The van der Waals surface area contributed by atoms with Gasteiger partial charge in [-0.05, 0) is 19.0 Å². The minimum Gasteiger partial charge on any atom is -0.390 e. The molecule has 0 unspecified atom stereocenters. The molecule has 0 aliphatic rings. The summed E-state index contributed by atoms with van der Waals surface area (Å²) in [4.78, 5) is 0. The predicted octanol–water partition coefficient (Wildman–Crippen LogP) is 3.52. The van der Waals surface area contributed by atoms with Gasteiger partial charge in [0.1, 0.15) is 0 Å². The standard InChI is InChI=1S/C23H51N5/c1-2-3-4-5-6-7-8-9-10-11-12-13-14-16-25-18-20-27-22-23-28-21-19-26-17-15-24/h14,16,25-28H,2-13,15,17-24H2,1H3. The quantitative estimate of drug-likeness (QED) is 0.161. The summed E-state index contributed by atoms with van der Waals surface area (Å²) < 4.78 is 0. The number of hydrogen-bond acceptors (Lipinski definition) is 5. The van der Waals surface area contributed by atoms with E-state index in [-0.39, 0.29) is 0 Å². The second kappa shape index (κ2) is 26.4. The van der Waals surface area contributed by atoms with E-state index in [4.69, 9.17) is 5.73 Å². The lowest BCUT2D eigenvalue weighted by Gasteiger charge is -2.07. The van der Waals surface area contributed by atoms with Gasteiger partial charge in [0.2, 0.25) is 0 Å². The average Bonchev–Trinajstić information content (AvgIpc) is 2.71. The second-order valence-electron chi connectivity index (χ2n) is 7.72. The van der Waals surface area contributed by atoms with Gasteiger partial charge in [0.15, 0.2) is 0 Å². The Balaban J connectivity index is 3.05. The Labute approximate surface area is 176 Å². The van der Waals surface area contributed by atoms with E-state index in [9.17, 15) is 0 Å². The Hall–Kier alpha value is -0.620. The monoisotopic (exact) mass is 397 g/mol. The SMILES string of the molecule is CCCCCCCCCCCCCC=CNCCNCCNCCNCCN. The Morgan fingerprint density at radius 3 is 1.57 bits per heavy atom. The molecule has 0 fully saturated rings. The fourth-order valence-electron chi connectivity index (χ4n) is 3.17. The summed E-state index contributed by atoms with van der Waals surface area (Å²) >= 11 is 0. The van der Waals surface area contributed by atoms with Crippen molar-refractivity contribution in [3.05, 3.63) is 12.3 Å². The van der Waals surface area contributed by atoms with Crippen LogP contribution in [0.2, 0.25) is 0 Å². The molecule has 0 aliphatic carbocycles. The second-order valence-corrected chi connectivity index (χ2v) is 7.72. The van der Waals surface area contributed by atoms with Crippen LogP contribution in [0.25, 0.3) is 0 Å². The highest BCUT2D eigenvalue weighted by molar-refractivity contribution is 4.79. The van der Waals surface area contributed by atoms with Gasteiger partial charge in [0.25, 0.3) is 0 Å². The molecule has 0 atom stereocenters. The van der Waals surface area contributed by atoms with E-state index in [0.717, 1.165) is 45.8 Å². The van der Waals surface area contributed by atoms with Crippen molar-refractivity contribution in [1.82, 2.24) is 21.3 Å². The Bertz CT molecular complexity index is 269. The normalized spacial score (nSPS) is 11.5. The van der Waals surface area contributed by atoms with Gasteiger partial charge in [-0.15, -0.1) is 0 Å². The third-order valence-electron chi connectivity index (χ3n) is 4.93. The summed E-state index contributed by atoms with van der Waals surface area (Å²) in [5.41, 5.74) is 5.42. The lowest BCUT2D eigenvalue weighted by atomic mass is 10.1. The van der Waals surface area contributed by atoms with Crippen LogP contribution >= 0.6 is 0 Å². The first-order valence-corrected chi connectivity index (χ1v) is 12.1. The minimum atomic E-state index is 0.711. The van der Waals surface area contributed by atoms with Crippen LogP contribution in [0, 0.1) is 0 Å². The molecule has 168 valence electrons. The summed E-state index contributed by atoms with van der Waals surface area (Å²) in [5, 5.41) is 13.5. The van der Waals surface area contributed by atoms with Crippen LogP contribution < -0.4 is 27.0 Å². The lowest BCUT2D eigenvalue weighted by Crippen LogP contribution is -2.35. The van der Waals surface area contributed by atoms with Gasteiger partial charge in [-0.25, -0.2) is 0 Å². The van der Waals surface area contributed by atoms with Gasteiger partial charge in [0.05, 0.1) is 0 Å². The average molecular weight is 398 g/mol. The number of unbranched alkanes of at least 4 members (excludes halogenated alkanes) is 11. The highest BCUT2D eigenvalue weighted by atomic mass is 15.0. The van der Waals surface area contributed by atoms with E-state index >= 15 is 0 Å². The Morgan fingerprint density at radius 1 is 0.571 bits per heavy atom. The molecular weight excluding hydrogens is 346 g/mol. The highest BCUT2D eigenvalue weighted by Crippen LogP contribution is 2.11. The van der Waals surface area contributed by atoms with Crippen molar-refractivity contribution in [3.63, 3.8) is 0 Å². The van der Waals surface area contributed by atoms with Crippen LogP contribution in [0.3, 0.4) is 0 Å². The van der Waals surface area contributed by atoms with Crippen molar-refractivity contribution < 1.29 is 0 Å². The highest BCUT2D eigenvalue weighted by Gasteiger charge is 1.92. The summed E-state index contributed by atoms with van der Waals surface area (Å²) in [7, 11) is 0. The van der Waals surface area contributed by atoms with Gasteiger partial charge in [-0.1, -0.05) is 77.2 Å². The van der Waals surface area contributed by atoms with Gasteiger partial charge < -0.3 is 27.0 Å². The zero-order valence-corrected chi connectivity index (χ0v) is 18.9. The molecule has 0 rings (SSSR count). The van der Waals surface area contributed by atoms with Crippen molar-refractivity contribution >= 4 is 0 Å². The third kappa shape index (κ3) is 25.4. The number of allylic oxidation sites excluding steroid dienone is 1. The van der Waals surface area contributed by atoms with Gasteiger partial charge in [-0.3, -0.25) is 0 Å². The zero-order valence-electron chi connectivity index (χ0n) is 18.9. The van der Waals surface area contributed by atoms with E-state index in [1.54, 1.807) is 0 Å². The smallest absolute Gasteiger partial charge is 0.0266 e. The molecule has 0 aromatic carbocycles. The van der Waals surface area contributed by atoms with Crippen LogP contribution in [0.4, 0.5) is 0 Å². The summed E-state index contributed by atoms with van der Waals surface area (Å²) in [6, 6.07) is 0. The molecule has 0 saturated carbocycles. The molecular formula is C23H51N5. The van der Waals surface area contributed by atoms with Crippen molar-refractivity contribution in [2.24, 2.45) is 5.73 Å². The summed E-state index contributed by atoms with van der Waals surface area (Å²) in [6.07, 6.45) is 21.2. The van der Waals surface area contributed by atoms with Crippen LogP contribution in [0.5, 0.6) is 0 Å². The van der Waals surface area contributed by atoms with Crippen LogP contribution in [0.1, 0.15) is 84.0 Å². The molecule has 0 aromatic heterocycles. The van der Waals surface area contributed by atoms with E-state index in [1.165, 1.54) is 77.0 Å². The first-order valence-electron chi connectivity index (χ1n) is 12.1.